The van der Waals surface area contributed by atoms with E-state index in [9.17, 15) is 0 Å². The normalized spacial score (nSPS) is 13.2. The summed E-state index contributed by atoms with van der Waals surface area (Å²) in [5.41, 5.74) is 9.73. The van der Waals surface area contributed by atoms with Gasteiger partial charge in [-0.25, -0.2) is 4.98 Å². The minimum atomic E-state index is -0.00777. The van der Waals surface area contributed by atoms with Crippen molar-refractivity contribution in [2.24, 2.45) is 5.41 Å². The Morgan fingerprint density at radius 1 is 1.11 bits per heavy atom. The van der Waals surface area contributed by atoms with Gasteiger partial charge in [0, 0.05) is 17.7 Å². The molecule has 0 amide bonds. The first-order valence-electron chi connectivity index (χ1n) is 6.76. The molecule has 1 aromatic heterocycles. The molecule has 2 N–H and O–H groups in total. The van der Waals surface area contributed by atoms with Gasteiger partial charge in [-0.2, -0.15) is 0 Å². The Morgan fingerprint density at radius 3 is 2.26 bits per heavy atom. The Labute approximate surface area is 115 Å². The van der Waals surface area contributed by atoms with Crippen LogP contribution in [-0.4, -0.2) is 4.98 Å². The zero-order chi connectivity index (χ0) is 14.4. The van der Waals surface area contributed by atoms with Crippen LogP contribution in [0.1, 0.15) is 53.0 Å². The molecule has 0 fully saturated rings. The molecule has 0 saturated heterocycles. The van der Waals surface area contributed by atoms with Crippen molar-refractivity contribution in [3.63, 3.8) is 0 Å². The number of hydrogen-bond donors (Lipinski definition) is 1. The lowest BCUT2D eigenvalue weighted by Gasteiger charge is -2.19. The van der Waals surface area contributed by atoms with Crippen LogP contribution in [-0.2, 0) is 11.8 Å². The van der Waals surface area contributed by atoms with E-state index in [0.717, 1.165) is 34.7 Å². The molecule has 1 heterocycles. The second kappa shape index (κ2) is 4.26. The molecule has 0 aliphatic carbocycles. The number of benzene rings is 1. The first-order chi connectivity index (χ1) is 8.56. The fraction of sp³-hybridized carbons (Fsp3) is 0.562. The van der Waals surface area contributed by atoms with Crippen LogP contribution >= 0.6 is 0 Å². The number of nitrogens with two attached hydrogens (primary N) is 1. The van der Waals surface area contributed by atoms with E-state index in [1.807, 2.05) is 12.1 Å². The lowest BCUT2D eigenvalue weighted by molar-refractivity contribution is 0.360. The van der Waals surface area contributed by atoms with Crippen molar-refractivity contribution in [2.45, 2.75) is 53.4 Å². The van der Waals surface area contributed by atoms with Crippen molar-refractivity contribution in [3.8, 4) is 0 Å². The number of oxazole rings is 1. The van der Waals surface area contributed by atoms with Gasteiger partial charge in [-0.15, -0.1) is 0 Å². The summed E-state index contributed by atoms with van der Waals surface area (Å²) in [5.74, 6) is 0.790. The number of anilines is 1. The summed E-state index contributed by atoms with van der Waals surface area (Å²) in [6.45, 7) is 13.0. The van der Waals surface area contributed by atoms with Gasteiger partial charge >= 0.3 is 0 Å². The van der Waals surface area contributed by atoms with Crippen molar-refractivity contribution in [1.82, 2.24) is 4.98 Å². The molecule has 2 rings (SSSR count). The van der Waals surface area contributed by atoms with Gasteiger partial charge in [0.1, 0.15) is 5.52 Å². The van der Waals surface area contributed by atoms with Crippen LogP contribution < -0.4 is 5.73 Å². The van der Waals surface area contributed by atoms with Crippen molar-refractivity contribution < 1.29 is 4.42 Å². The van der Waals surface area contributed by atoms with E-state index in [0.29, 0.717) is 0 Å². The number of rotatable bonds is 1. The van der Waals surface area contributed by atoms with Crippen LogP contribution in [0, 0.1) is 5.41 Å². The first kappa shape index (κ1) is 13.9. The third-order valence-electron chi connectivity index (χ3n) is 3.05. The van der Waals surface area contributed by atoms with Gasteiger partial charge in [-0.1, -0.05) is 41.5 Å². The third-order valence-corrected chi connectivity index (χ3v) is 3.05. The maximum absolute atomic E-state index is 5.99. The Hall–Kier alpha value is -1.51. The molecule has 0 radical (unpaired) electrons. The molecule has 19 heavy (non-hydrogen) atoms. The summed E-state index contributed by atoms with van der Waals surface area (Å²) < 4.78 is 5.99. The Balaban J connectivity index is 2.59. The predicted molar refractivity (Wildman–Crippen MR) is 80.3 cm³/mol. The molecule has 0 spiro atoms. The number of nitrogens with zero attached hydrogens (tertiary/aromatic N) is 1. The zero-order valence-electron chi connectivity index (χ0n) is 12.8. The highest BCUT2D eigenvalue weighted by Crippen LogP contribution is 2.33. The van der Waals surface area contributed by atoms with Gasteiger partial charge in [-0.3, -0.25) is 0 Å². The van der Waals surface area contributed by atoms with E-state index in [-0.39, 0.29) is 10.8 Å². The van der Waals surface area contributed by atoms with Gasteiger partial charge in [-0.05, 0) is 23.0 Å². The minimum Gasteiger partial charge on any atom is -0.440 e. The predicted octanol–water partition coefficient (Wildman–Crippen LogP) is 4.30. The summed E-state index contributed by atoms with van der Waals surface area (Å²) in [7, 11) is 0. The summed E-state index contributed by atoms with van der Waals surface area (Å²) >= 11 is 0. The Kier molecular flexibility index (Phi) is 3.12. The van der Waals surface area contributed by atoms with Gasteiger partial charge in [0.2, 0.25) is 0 Å². The second-order valence-electron chi connectivity index (χ2n) is 7.51. The summed E-state index contributed by atoms with van der Waals surface area (Å²) in [5, 5.41) is 0. The molecule has 1 aromatic carbocycles. The van der Waals surface area contributed by atoms with E-state index in [1.54, 1.807) is 0 Å². The maximum atomic E-state index is 5.99. The molecular weight excluding hydrogens is 236 g/mol. The van der Waals surface area contributed by atoms with E-state index >= 15 is 0 Å². The fourth-order valence-corrected chi connectivity index (χ4v) is 2.19. The highest BCUT2D eigenvalue weighted by atomic mass is 16.3. The summed E-state index contributed by atoms with van der Waals surface area (Å²) in [6.07, 6.45) is 0.825. The van der Waals surface area contributed by atoms with Gasteiger partial charge in [0.25, 0.3) is 0 Å². The topological polar surface area (TPSA) is 52.0 Å². The lowest BCUT2D eigenvalue weighted by Crippen LogP contribution is -2.12. The van der Waals surface area contributed by atoms with Gasteiger partial charge in [0.05, 0.1) is 0 Å². The molecule has 0 aliphatic heterocycles. The average molecular weight is 260 g/mol. The molecule has 0 saturated carbocycles. The van der Waals surface area contributed by atoms with Crippen molar-refractivity contribution in [3.05, 3.63) is 23.6 Å². The molecule has 0 aliphatic rings. The first-order valence-corrected chi connectivity index (χ1v) is 6.76. The number of hydrogen-bond acceptors (Lipinski definition) is 3. The summed E-state index contributed by atoms with van der Waals surface area (Å²) in [6, 6.07) is 3.88. The minimum absolute atomic E-state index is 0.00777. The zero-order valence-corrected chi connectivity index (χ0v) is 12.8. The van der Waals surface area contributed by atoms with Crippen LogP contribution in [0.4, 0.5) is 5.69 Å². The molecule has 0 unspecified atom stereocenters. The monoisotopic (exact) mass is 260 g/mol. The second-order valence-corrected chi connectivity index (χ2v) is 7.51. The van der Waals surface area contributed by atoms with E-state index in [4.69, 9.17) is 10.2 Å². The third kappa shape index (κ3) is 3.09. The van der Waals surface area contributed by atoms with E-state index in [2.05, 4.69) is 46.5 Å². The average Bonchev–Trinajstić information content (AvgIpc) is 2.53. The molecule has 0 atom stereocenters. The Bertz CT molecular complexity index is 597. The van der Waals surface area contributed by atoms with Crippen molar-refractivity contribution >= 4 is 16.8 Å². The SMILES string of the molecule is CC(C)(C)Cc1nc2cc(N)cc(C(C)(C)C)c2o1. The molecule has 0 bridgehead atoms. The number of nitrogen functional groups attached to an aromatic ring is 1. The van der Waals surface area contributed by atoms with Crippen LogP contribution in [0.25, 0.3) is 11.1 Å². The molecule has 2 aromatic rings. The highest BCUT2D eigenvalue weighted by molar-refractivity contribution is 5.81. The summed E-state index contributed by atoms with van der Waals surface area (Å²) in [4.78, 5) is 4.59. The Morgan fingerprint density at radius 2 is 1.74 bits per heavy atom. The molecule has 3 nitrogen and oxygen atoms in total. The maximum Gasteiger partial charge on any atom is 0.196 e. The number of aromatic nitrogens is 1. The van der Waals surface area contributed by atoms with Crippen molar-refractivity contribution in [1.29, 1.82) is 0 Å². The van der Waals surface area contributed by atoms with Crippen LogP contribution in [0.15, 0.2) is 16.5 Å². The fourth-order valence-electron chi connectivity index (χ4n) is 2.19. The standard InChI is InChI=1S/C16H24N2O/c1-15(2,3)9-13-18-12-8-10(17)7-11(14(12)19-13)16(4,5)6/h7-8H,9,17H2,1-6H3. The van der Waals surface area contributed by atoms with Gasteiger partial charge in [0.15, 0.2) is 11.5 Å². The largest absolute Gasteiger partial charge is 0.440 e. The van der Waals surface area contributed by atoms with E-state index < -0.39 is 0 Å². The van der Waals surface area contributed by atoms with Crippen LogP contribution in [0.2, 0.25) is 0 Å². The number of fused-ring (bicyclic) bond motifs is 1. The van der Waals surface area contributed by atoms with Gasteiger partial charge < -0.3 is 10.2 Å². The smallest absolute Gasteiger partial charge is 0.196 e. The molecule has 3 heteroatoms. The molecular formula is C16H24N2O. The highest BCUT2D eigenvalue weighted by Gasteiger charge is 2.23. The molecule has 104 valence electrons. The quantitative estimate of drug-likeness (QED) is 0.778. The lowest BCUT2D eigenvalue weighted by atomic mass is 9.86. The van der Waals surface area contributed by atoms with Crippen LogP contribution in [0.5, 0.6) is 0 Å². The van der Waals surface area contributed by atoms with Crippen LogP contribution in [0.3, 0.4) is 0 Å². The van der Waals surface area contributed by atoms with Crippen molar-refractivity contribution in [2.75, 3.05) is 5.73 Å². The van der Waals surface area contributed by atoms with E-state index in [1.165, 1.54) is 0 Å².